The predicted octanol–water partition coefficient (Wildman–Crippen LogP) is 2.77. The third kappa shape index (κ3) is 4.90. The molecule has 0 heterocycles. The normalized spacial score (nSPS) is 11.1. The van der Waals surface area contributed by atoms with Gasteiger partial charge in [0.2, 0.25) is 10.0 Å². The molecule has 0 atom stereocenters. The van der Waals surface area contributed by atoms with Crippen molar-refractivity contribution < 1.29 is 18.3 Å². The largest absolute Gasteiger partial charge is 0.478 e. The third-order valence-corrected chi connectivity index (χ3v) is 4.79. The van der Waals surface area contributed by atoms with Crippen molar-refractivity contribution >= 4 is 39.2 Å². The minimum atomic E-state index is -3.94. The minimum absolute atomic E-state index is 0.0236. The van der Waals surface area contributed by atoms with Crippen LogP contribution < -0.4 is 4.72 Å². The SMILES string of the molecule is C#CCCCCNS(=O)(=O)c1cc(Cl)cc(C(=O)O)c1Cl. The van der Waals surface area contributed by atoms with Crippen molar-refractivity contribution in [1.82, 2.24) is 4.72 Å². The Labute approximate surface area is 133 Å². The highest BCUT2D eigenvalue weighted by atomic mass is 35.5. The Bertz CT molecular complexity index is 680. The maximum Gasteiger partial charge on any atom is 0.337 e. The monoisotopic (exact) mass is 349 g/mol. The quantitative estimate of drug-likeness (QED) is 0.585. The van der Waals surface area contributed by atoms with Gasteiger partial charge >= 0.3 is 5.97 Å². The zero-order valence-corrected chi connectivity index (χ0v) is 13.2. The van der Waals surface area contributed by atoms with Crippen LogP contribution in [0.3, 0.4) is 0 Å². The molecule has 2 N–H and O–H groups in total. The molecule has 0 aromatic heterocycles. The van der Waals surface area contributed by atoms with Crippen LogP contribution in [-0.4, -0.2) is 26.0 Å². The number of carboxylic acid groups (broad SMARTS) is 1. The number of carbonyl (C=O) groups is 1. The van der Waals surface area contributed by atoms with Gasteiger partial charge in [-0.05, 0) is 25.0 Å². The predicted molar refractivity (Wildman–Crippen MR) is 81.3 cm³/mol. The van der Waals surface area contributed by atoms with Crippen molar-refractivity contribution in [3.8, 4) is 12.3 Å². The molecule has 0 bridgehead atoms. The molecule has 0 unspecified atom stereocenters. The van der Waals surface area contributed by atoms with E-state index in [0.717, 1.165) is 12.1 Å². The van der Waals surface area contributed by atoms with Crippen LogP contribution >= 0.6 is 23.2 Å². The first-order chi connectivity index (χ1) is 9.79. The molecule has 0 radical (unpaired) electrons. The zero-order valence-electron chi connectivity index (χ0n) is 10.9. The van der Waals surface area contributed by atoms with E-state index in [1.165, 1.54) is 0 Å². The molecule has 1 aromatic rings. The Kier molecular flexibility index (Phi) is 6.49. The second-order valence-electron chi connectivity index (χ2n) is 4.13. The van der Waals surface area contributed by atoms with Gasteiger partial charge in [-0.1, -0.05) is 23.2 Å². The number of hydrogen-bond donors (Lipinski definition) is 2. The van der Waals surface area contributed by atoms with Crippen LogP contribution in [0.15, 0.2) is 17.0 Å². The summed E-state index contributed by atoms with van der Waals surface area (Å²) in [7, 11) is -3.94. The number of hydrogen-bond acceptors (Lipinski definition) is 3. The van der Waals surface area contributed by atoms with Gasteiger partial charge in [-0.2, -0.15) is 0 Å². The Morgan fingerprint density at radius 2 is 2.00 bits per heavy atom. The molecule has 114 valence electrons. The van der Waals surface area contributed by atoms with E-state index in [0.29, 0.717) is 19.3 Å². The fraction of sp³-hybridized carbons (Fsp3) is 0.308. The molecular formula is C13H13Cl2NO4S. The number of rotatable bonds is 7. The average molecular weight is 350 g/mol. The first-order valence-corrected chi connectivity index (χ1v) is 8.19. The molecule has 0 spiro atoms. The molecule has 0 aliphatic rings. The summed E-state index contributed by atoms with van der Waals surface area (Å²) < 4.78 is 26.6. The van der Waals surface area contributed by atoms with Crippen molar-refractivity contribution in [2.24, 2.45) is 0 Å². The third-order valence-electron chi connectivity index (χ3n) is 2.56. The number of terminal acetylenes is 1. The van der Waals surface area contributed by atoms with Gasteiger partial charge in [0.1, 0.15) is 4.90 Å². The summed E-state index contributed by atoms with van der Waals surface area (Å²) in [6, 6.07) is 2.21. The van der Waals surface area contributed by atoms with E-state index in [1.54, 1.807) is 0 Å². The molecule has 0 saturated heterocycles. The molecule has 8 heteroatoms. The Morgan fingerprint density at radius 1 is 1.33 bits per heavy atom. The number of nitrogens with one attached hydrogen (secondary N) is 1. The number of carboxylic acids is 1. The Balaban J connectivity index is 2.98. The molecular weight excluding hydrogens is 337 g/mol. The molecule has 1 aromatic carbocycles. The van der Waals surface area contributed by atoms with Gasteiger partial charge in [0, 0.05) is 18.0 Å². The van der Waals surface area contributed by atoms with Crippen molar-refractivity contribution in [1.29, 1.82) is 0 Å². The van der Waals surface area contributed by atoms with Crippen molar-refractivity contribution in [3.05, 3.63) is 27.7 Å². The molecule has 5 nitrogen and oxygen atoms in total. The van der Waals surface area contributed by atoms with Gasteiger partial charge in [-0.3, -0.25) is 0 Å². The van der Waals surface area contributed by atoms with Crippen LogP contribution in [0.5, 0.6) is 0 Å². The average Bonchev–Trinajstić information content (AvgIpc) is 2.40. The Morgan fingerprint density at radius 3 is 2.57 bits per heavy atom. The molecule has 1 rings (SSSR count). The zero-order chi connectivity index (χ0) is 16.0. The fourth-order valence-corrected chi connectivity index (χ4v) is 3.53. The second kappa shape index (κ2) is 7.66. The van der Waals surface area contributed by atoms with Crippen LogP contribution in [0.2, 0.25) is 10.0 Å². The highest BCUT2D eigenvalue weighted by Crippen LogP contribution is 2.29. The Hall–Kier alpha value is -1.26. The van der Waals surface area contributed by atoms with Crippen LogP contribution in [0.1, 0.15) is 29.6 Å². The van der Waals surface area contributed by atoms with Crippen LogP contribution in [0, 0.1) is 12.3 Å². The van der Waals surface area contributed by atoms with Gasteiger partial charge in [-0.15, -0.1) is 12.3 Å². The smallest absolute Gasteiger partial charge is 0.337 e. The summed E-state index contributed by atoms with van der Waals surface area (Å²) in [5.74, 6) is 1.10. The standard InChI is InChI=1S/C13H13Cl2NO4S/c1-2-3-4-5-6-16-21(19,20)11-8-9(14)7-10(12(11)15)13(17)18/h1,7-8,16H,3-6H2,(H,17,18). The van der Waals surface area contributed by atoms with Crippen molar-refractivity contribution in [2.75, 3.05) is 6.54 Å². The lowest BCUT2D eigenvalue weighted by molar-refractivity contribution is 0.0697. The number of benzene rings is 1. The van der Waals surface area contributed by atoms with Crippen molar-refractivity contribution in [3.63, 3.8) is 0 Å². The molecule has 0 aliphatic carbocycles. The fourth-order valence-electron chi connectivity index (χ4n) is 1.55. The lowest BCUT2D eigenvalue weighted by Crippen LogP contribution is -2.25. The second-order valence-corrected chi connectivity index (χ2v) is 6.68. The summed E-state index contributed by atoms with van der Waals surface area (Å²) in [5.41, 5.74) is -0.364. The highest BCUT2D eigenvalue weighted by molar-refractivity contribution is 7.89. The first-order valence-electron chi connectivity index (χ1n) is 5.95. The minimum Gasteiger partial charge on any atom is -0.478 e. The number of aromatic carboxylic acids is 1. The lowest BCUT2D eigenvalue weighted by atomic mass is 10.2. The van der Waals surface area contributed by atoms with Crippen LogP contribution in [-0.2, 0) is 10.0 Å². The first kappa shape index (κ1) is 17.8. The lowest BCUT2D eigenvalue weighted by Gasteiger charge is -2.10. The summed E-state index contributed by atoms with van der Waals surface area (Å²) in [6.07, 6.45) is 6.90. The van der Waals surface area contributed by atoms with Gasteiger partial charge in [-0.25, -0.2) is 17.9 Å². The molecule has 21 heavy (non-hydrogen) atoms. The van der Waals surface area contributed by atoms with Gasteiger partial charge in [0.25, 0.3) is 0 Å². The summed E-state index contributed by atoms with van der Waals surface area (Å²) in [5, 5.41) is 8.58. The number of sulfonamides is 1. The molecule has 0 saturated carbocycles. The van der Waals surface area contributed by atoms with Crippen molar-refractivity contribution in [2.45, 2.75) is 24.2 Å². The molecule has 0 fully saturated rings. The van der Waals surface area contributed by atoms with Crippen LogP contribution in [0.4, 0.5) is 0 Å². The van der Waals surface area contributed by atoms with E-state index in [4.69, 9.17) is 34.7 Å². The molecule has 0 amide bonds. The van der Waals surface area contributed by atoms with Gasteiger partial charge in [0.05, 0.1) is 10.6 Å². The number of unbranched alkanes of at least 4 members (excludes halogenated alkanes) is 2. The van der Waals surface area contributed by atoms with E-state index in [9.17, 15) is 13.2 Å². The van der Waals surface area contributed by atoms with Gasteiger partial charge in [0.15, 0.2) is 0 Å². The highest BCUT2D eigenvalue weighted by Gasteiger charge is 2.23. The van der Waals surface area contributed by atoms with E-state index in [-0.39, 0.29) is 27.0 Å². The molecule has 0 aliphatic heterocycles. The topological polar surface area (TPSA) is 83.5 Å². The summed E-state index contributed by atoms with van der Waals surface area (Å²) in [4.78, 5) is 10.7. The summed E-state index contributed by atoms with van der Waals surface area (Å²) >= 11 is 11.6. The maximum atomic E-state index is 12.1. The van der Waals surface area contributed by atoms with E-state index >= 15 is 0 Å². The van der Waals surface area contributed by atoms with E-state index in [2.05, 4.69) is 10.6 Å². The number of halogens is 2. The van der Waals surface area contributed by atoms with Crippen LogP contribution in [0.25, 0.3) is 0 Å². The van der Waals surface area contributed by atoms with Gasteiger partial charge < -0.3 is 5.11 Å². The summed E-state index contributed by atoms with van der Waals surface area (Å²) in [6.45, 7) is 0.176. The van der Waals surface area contributed by atoms with E-state index in [1.807, 2.05) is 0 Å². The van der Waals surface area contributed by atoms with E-state index < -0.39 is 16.0 Å². The maximum absolute atomic E-state index is 12.1.